The van der Waals surface area contributed by atoms with Crippen LogP contribution in [0, 0.1) is 13.8 Å². The Balaban J connectivity index is 1.91. The third-order valence-electron chi connectivity index (χ3n) is 5.76. The molecule has 0 fully saturated rings. The second kappa shape index (κ2) is 11.3. The van der Waals surface area contributed by atoms with Crippen LogP contribution in [-0.4, -0.2) is 54.3 Å². The molecule has 1 aromatic heterocycles. The quantitative estimate of drug-likeness (QED) is 0.466. The number of aliphatic hydroxyl groups is 1. The normalized spacial score (nSPS) is 13.5. The Morgan fingerprint density at radius 1 is 1.20 bits per heavy atom. The Labute approximate surface area is 181 Å². The van der Waals surface area contributed by atoms with Crippen molar-refractivity contribution in [3.8, 4) is 11.5 Å². The number of nitrogens with one attached hydrogen (secondary N) is 1. The van der Waals surface area contributed by atoms with Gasteiger partial charge in [-0.25, -0.2) is 0 Å². The van der Waals surface area contributed by atoms with Gasteiger partial charge in [-0.05, 0) is 52.8 Å². The fourth-order valence-corrected chi connectivity index (χ4v) is 3.53. The summed E-state index contributed by atoms with van der Waals surface area (Å²) in [6, 6.07) is 6.47. The van der Waals surface area contributed by atoms with Crippen molar-refractivity contribution in [1.29, 1.82) is 0 Å². The number of nitrogens with zero attached hydrogens (tertiary/aromatic N) is 2. The lowest BCUT2D eigenvalue weighted by molar-refractivity contribution is -0.904. The molecule has 0 bridgehead atoms. The van der Waals surface area contributed by atoms with Gasteiger partial charge in [0.1, 0.15) is 32.3 Å². The molecule has 0 aliphatic rings. The van der Waals surface area contributed by atoms with E-state index in [0.29, 0.717) is 24.1 Å². The Hall–Kier alpha value is -2.09. The molecule has 0 saturated heterocycles. The van der Waals surface area contributed by atoms with Crippen LogP contribution in [0.3, 0.4) is 0 Å². The van der Waals surface area contributed by atoms with Crippen molar-refractivity contribution in [2.45, 2.75) is 66.4 Å². The summed E-state index contributed by atoms with van der Waals surface area (Å²) in [5.41, 5.74) is 4.83. The zero-order valence-corrected chi connectivity index (χ0v) is 19.7. The first-order chi connectivity index (χ1) is 14.3. The van der Waals surface area contributed by atoms with Crippen molar-refractivity contribution >= 4 is 0 Å². The molecule has 1 heterocycles. The zero-order chi connectivity index (χ0) is 22.3. The maximum absolute atomic E-state index is 10.2. The summed E-state index contributed by atoms with van der Waals surface area (Å²) < 4.78 is 13.4. The van der Waals surface area contributed by atoms with Gasteiger partial charge in [0.15, 0.2) is 11.5 Å². The van der Waals surface area contributed by atoms with Gasteiger partial charge in [0.05, 0.1) is 25.9 Å². The Morgan fingerprint density at radius 2 is 1.93 bits per heavy atom. The molecule has 2 aromatic rings. The van der Waals surface area contributed by atoms with Gasteiger partial charge < -0.3 is 24.8 Å². The summed E-state index contributed by atoms with van der Waals surface area (Å²) in [4.78, 5) is 1.28. The monoisotopic (exact) mass is 420 g/mol. The van der Waals surface area contributed by atoms with E-state index in [1.165, 1.54) is 21.7 Å². The fourth-order valence-electron chi connectivity index (χ4n) is 3.53. The zero-order valence-electron chi connectivity index (χ0n) is 19.7. The van der Waals surface area contributed by atoms with E-state index in [1.807, 2.05) is 12.1 Å². The van der Waals surface area contributed by atoms with Gasteiger partial charge in [-0.2, -0.15) is 5.10 Å². The van der Waals surface area contributed by atoms with Gasteiger partial charge in [0.2, 0.25) is 0 Å². The minimum Gasteiger partial charge on any atom is -0.493 e. The number of aliphatic hydroxyl groups excluding tert-OH is 1. The molecule has 4 N–H and O–H groups in total. The molecule has 0 amide bonds. The first-order valence-electron chi connectivity index (χ1n) is 10.9. The van der Waals surface area contributed by atoms with E-state index in [4.69, 9.17) is 9.47 Å². The number of nitrogens with two attached hydrogens (primary N) is 1. The van der Waals surface area contributed by atoms with Gasteiger partial charge in [-0.15, -0.1) is 0 Å². The largest absolute Gasteiger partial charge is 0.493 e. The van der Waals surface area contributed by atoms with Gasteiger partial charge >= 0.3 is 0 Å². The molecule has 2 unspecified atom stereocenters. The lowest BCUT2D eigenvalue weighted by Gasteiger charge is -2.21. The second-order valence-electron chi connectivity index (χ2n) is 8.32. The average molecular weight is 421 g/mol. The highest BCUT2D eigenvalue weighted by molar-refractivity contribution is 5.42. The second-order valence-corrected chi connectivity index (χ2v) is 8.32. The molecule has 7 nitrogen and oxygen atoms in total. The maximum Gasteiger partial charge on any atom is 0.161 e. The van der Waals surface area contributed by atoms with Crippen molar-refractivity contribution < 1.29 is 24.8 Å². The topological polar surface area (TPSA) is 77.6 Å². The van der Waals surface area contributed by atoms with Crippen molar-refractivity contribution in [3.05, 3.63) is 40.7 Å². The molecular formula is C23H40N4O3+2. The van der Waals surface area contributed by atoms with Crippen molar-refractivity contribution in [3.63, 3.8) is 0 Å². The highest BCUT2D eigenvalue weighted by Crippen LogP contribution is 2.28. The Kier molecular flexibility index (Phi) is 9.14. The summed E-state index contributed by atoms with van der Waals surface area (Å²) in [6.07, 6.45) is -0.513. The van der Waals surface area contributed by atoms with Gasteiger partial charge in [0.25, 0.3) is 0 Å². The van der Waals surface area contributed by atoms with Crippen LogP contribution in [0.5, 0.6) is 11.5 Å². The van der Waals surface area contributed by atoms with E-state index in [-0.39, 0.29) is 6.61 Å². The molecular weight excluding hydrogens is 380 g/mol. The number of aromatic nitrogens is 2. The molecule has 168 valence electrons. The number of hydrogen-bond donors (Lipinski definition) is 3. The van der Waals surface area contributed by atoms with E-state index < -0.39 is 6.10 Å². The van der Waals surface area contributed by atoms with E-state index in [2.05, 4.69) is 62.8 Å². The Bertz CT molecular complexity index is 804. The van der Waals surface area contributed by atoms with Gasteiger partial charge in [-0.3, -0.25) is 4.68 Å². The van der Waals surface area contributed by atoms with Crippen LogP contribution >= 0.6 is 0 Å². The first kappa shape index (κ1) is 24.2. The number of methoxy groups -OCH3 is 1. The minimum atomic E-state index is -0.513. The van der Waals surface area contributed by atoms with Crippen LogP contribution < -0.4 is 19.7 Å². The fraction of sp³-hybridized carbons (Fsp3) is 0.609. The molecule has 7 heteroatoms. The minimum absolute atomic E-state index is 0.256. The van der Waals surface area contributed by atoms with Crippen LogP contribution in [0.15, 0.2) is 18.2 Å². The van der Waals surface area contributed by atoms with Crippen LogP contribution in [0.1, 0.15) is 43.3 Å². The third-order valence-corrected chi connectivity index (χ3v) is 5.76. The molecule has 0 aliphatic heterocycles. The molecule has 30 heavy (non-hydrogen) atoms. The van der Waals surface area contributed by atoms with E-state index in [0.717, 1.165) is 25.3 Å². The number of aryl methyl sites for hydroxylation is 2. The number of hydrogen-bond acceptors (Lipinski definition) is 4. The Morgan fingerprint density at radius 3 is 2.53 bits per heavy atom. The van der Waals surface area contributed by atoms with E-state index in [9.17, 15) is 5.11 Å². The van der Waals surface area contributed by atoms with Crippen LogP contribution in [-0.2, 0) is 19.6 Å². The van der Waals surface area contributed by atoms with Crippen molar-refractivity contribution in [1.82, 2.24) is 9.78 Å². The molecule has 0 spiro atoms. The molecule has 2 atom stereocenters. The predicted molar refractivity (Wildman–Crippen MR) is 118 cm³/mol. The van der Waals surface area contributed by atoms with Crippen LogP contribution in [0.25, 0.3) is 0 Å². The predicted octanol–water partition coefficient (Wildman–Crippen LogP) is 0.455. The number of ether oxygens (including phenoxy) is 2. The smallest absolute Gasteiger partial charge is 0.161 e. The molecule has 0 aliphatic carbocycles. The summed E-state index contributed by atoms with van der Waals surface area (Å²) >= 11 is 0. The molecule has 2 rings (SSSR count). The van der Waals surface area contributed by atoms with Crippen molar-refractivity contribution in [2.75, 3.05) is 27.3 Å². The summed E-state index contributed by atoms with van der Waals surface area (Å²) in [5, 5.41) is 17.1. The van der Waals surface area contributed by atoms with E-state index >= 15 is 0 Å². The SMILES string of the molecule is CCn1nc(C)c(C[NH2+]Cc2ccc(OCC(O)C[NH+](C)C(C)C)c(OC)c2)c1C. The van der Waals surface area contributed by atoms with Crippen LogP contribution in [0.2, 0.25) is 0 Å². The van der Waals surface area contributed by atoms with Gasteiger partial charge in [-0.1, -0.05) is 0 Å². The van der Waals surface area contributed by atoms with E-state index in [1.54, 1.807) is 7.11 Å². The third kappa shape index (κ3) is 6.45. The maximum atomic E-state index is 10.2. The molecule has 0 saturated carbocycles. The number of benzene rings is 1. The lowest BCUT2D eigenvalue weighted by atomic mass is 10.1. The van der Waals surface area contributed by atoms with Crippen molar-refractivity contribution in [2.24, 2.45) is 0 Å². The lowest BCUT2D eigenvalue weighted by Crippen LogP contribution is -3.13. The summed E-state index contributed by atoms with van der Waals surface area (Å²) in [7, 11) is 3.73. The summed E-state index contributed by atoms with van der Waals surface area (Å²) in [6.45, 7) is 14.2. The van der Waals surface area contributed by atoms with Gasteiger partial charge in [0, 0.05) is 23.4 Å². The standard InChI is InChI=1S/C23H38N4O3/c1-8-27-18(5)21(17(4)25-27)13-24-12-19-9-10-22(23(11-19)29-7)30-15-20(28)14-26(6)16(2)3/h9-11,16,20,24,28H,8,12-15H2,1-7H3/p+2. The number of quaternary nitrogens is 2. The molecule has 1 aromatic carbocycles. The number of rotatable bonds is 12. The summed E-state index contributed by atoms with van der Waals surface area (Å²) in [5.74, 6) is 1.36. The highest BCUT2D eigenvalue weighted by atomic mass is 16.5. The number of likely N-dealkylation sites (N-methyl/N-ethyl adjacent to an activating group) is 1. The first-order valence-corrected chi connectivity index (χ1v) is 10.9. The van der Waals surface area contributed by atoms with Crippen LogP contribution in [0.4, 0.5) is 0 Å². The molecule has 0 radical (unpaired) electrons. The highest BCUT2D eigenvalue weighted by Gasteiger charge is 2.16. The average Bonchev–Trinajstić information content (AvgIpc) is 2.99.